The number of anilines is 1. The molecule has 0 spiro atoms. The van der Waals surface area contributed by atoms with Crippen LogP contribution in [-0.2, 0) is 10.9 Å². The van der Waals surface area contributed by atoms with Gasteiger partial charge < -0.3 is 15.4 Å². The van der Waals surface area contributed by atoms with Gasteiger partial charge in [-0.05, 0) is 56.5 Å². The Morgan fingerprint density at radius 2 is 2.07 bits per heavy atom. The second kappa shape index (κ2) is 7.32. The third-order valence-corrected chi connectivity index (χ3v) is 5.79. The van der Waals surface area contributed by atoms with Crippen molar-refractivity contribution in [2.45, 2.75) is 50.1 Å². The predicted molar refractivity (Wildman–Crippen MR) is 99.6 cm³/mol. The van der Waals surface area contributed by atoms with E-state index in [1.54, 1.807) is 6.07 Å². The number of hydrogen-bond donors (Lipinski definition) is 2. The Labute approximate surface area is 157 Å². The largest absolute Gasteiger partial charge is 0.416 e. The number of ether oxygens (including phenoxy) is 1. The van der Waals surface area contributed by atoms with Crippen LogP contribution in [0.4, 0.5) is 18.9 Å². The summed E-state index contributed by atoms with van der Waals surface area (Å²) in [5.41, 5.74) is 1.99. The van der Waals surface area contributed by atoms with Crippen molar-refractivity contribution in [3.8, 4) is 0 Å². The van der Waals surface area contributed by atoms with Gasteiger partial charge in [-0.3, -0.25) is 0 Å². The molecule has 6 heteroatoms. The first-order chi connectivity index (χ1) is 13.0. The maximum Gasteiger partial charge on any atom is 0.416 e. The molecule has 27 heavy (non-hydrogen) atoms. The fourth-order valence-corrected chi connectivity index (χ4v) is 4.50. The van der Waals surface area contributed by atoms with Gasteiger partial charge in [-0.2, -0.15) is 13.2 Å². The van der Waals surface area contributed by atoms with Crippen molar-refractivity contribution in [1.82, 2.24) is 5.32 Å². The lowest BCUT2D eigenvalue weighted by Gasteiger charge is -2.46. The highest BCUT2D eigenvalue weighted by Gasteiger charge is 2.43. The van der Waals surface area contributed by atoms with E-state index in [0.717, 1.165) is 37.4 Å². The summed E-state index contributed by atoms with van der Waals surface area (Å²) in [5, 5.41) is 6.63. The van der Waals surface area contributed by atoms with Crippen molar-refractivity contribution < 1.29 is 17.9 Å². The molecule has 0 unspecified atom stereocenters. The Morgan fingerprint density at radius 3 is 2.78 bits per heavy atom. The molecule has 2 N–H and O–H groups in total. The van der Waals surface area contributed by atoms with Crippen molar-refractivity contribution >= 4 is 5.69 Å². The molecule has 2 aliphatic heterocycles. The molecule has 1 aromatic carbocycles. The van der Waals surface area contributed by atoms with Crippen LogP contribution in [0.5, 0.6) is 0 Å². The van der Waals surface area contributed by atoms with Crippen LogP contribution in [-0.4, -0.2) is 25.7 Å². The maximum atomic E-state index is 13.3. The Hall–Kier alpha value is -1.79. The molecule has 3 aliphatic rings. The first-order valence-corrected chi connectivity index (χ1v) is 9.61. The molecule has 3 nitrogen and oxygen atoms in total. The van der Waals surface area contributed by atoms with Gasteiger partial charge in [0.15, 0.2) is 0 Å². The third kappa shape index (κ3) is 3.65. The second-order valence-electron chi connectivity index (χ2n) is 7.58. The zero-order valence-corrected chi connectivity index (χ0v) is 15.4. The lowest BCUT2D eigenvalue weighted by Crippen LogP contribution is -2.46. The summed E-state index contributed by atoms with van der Waals surface area (Å²) in [4.78, 5) is 0. The highest BCUT2D eigenvalue weighted by Crippen LogP contribution is 2.48. The first-order valence-electron chi connectivity index (χ1n) is 9.61. The smallest absolute Gasteiger partial charge is 0.378 e. The Balaban J connectivity index is 1.72. The normalized spacial score (nSPS) is 30.1. The molecule has 2 heterocycles. The number of halogens is 3. The maximum absolute atomic E-state index is 13.3. The van der Waals surface area contributed by atoms with Gasteiger partial charge in [-0.1, -0.05) is 18.2 Å². The number of hydrogen-bond acceptors (Lipinski definition) is 3. The minimum Gasteiger partial charge on any atom is -0.378 e. The molecule has 0 amide bonds. The topological polar surface area (TPSA) is 33.3 Å². The molecular formula is C21H25F3N2O. The molecule has 4 atom stereocenters. The average Bonchev–Trinajstić information content (AvgIpc) is 2.67. The van der Waals surface area contributed by atoms with Gasteiger partial charge >= 0.3 is 6.18 Å². The van der Waals surface area contributed by atoms with Crippen LogP contribution < -0.4 is 10.6 Å². The predicted octanol–water partition coefficient (Wildman–Crippen LogP) is 4.83. The van der Waals surface area contributed by atoms with Gasteiger partial charge in [0.1, 0.15) is 0 Å². The van der Waals surface area contributed by atoms with Crippen molar-refractivity contribution in [3.63, 3.8) is 0 Å². The lowest BCUT2D eigenvalue weighted by atomic mass is 9.75. The standard InChI is InChI=1S/C21H25F3N2O/c1-25-12-15-8-9-16-19(13-5-3-2-4-6-13)26-18-10-7-14(21(22,23)24)11-17(18)20(16)27-15/h3,5-7,10-11,15-16,19-20,25-26H,2,4,8-9,12H2,1H3/t15-,16+,19+,20+/m1/s1. The zero-order chi connectivity index (χ0) is 19.0. The SMILES string of the molecule is CNC[C@H]1CC[C@@H]2[C@H](O1)c1cc(C(F)(F)F)ccc1N[C@H]2C1=CCCC=C1. The molecule has 1 aromatic rings. The van der Waals surface area contributed by atoms with Crippen LogP contribution in [0, 0.1) is 5.92 Å². The first kappa shape index (κ1) is 18.6. The summed E-state index contributed by atoms with van der Waals surface area (Å²) in [5.74, 6) is 0.128. The number of fused-ring (bicyclic) bond motifs is 3. The van der Waals surface area contributed by atoms with Crippen molar-refractivity contribution in [1.29, 1.82) is 0 Å². The second-order valence-corrected chi connectivity index (χ2v) is 7.58. The molecule has 1 fully saturated rings. The highest BCUT2D eigenvalue weighted by molar-refractivity contribution is 5.60. The Bertz CT molecular complexity index is 756. The number of nitrogens with one attached hydrogen (secondary N) is 2. The highest BCUT2D eigenvalue weighted by atomic mass is 19.4. The molecule has 0 radical (unpaired) electrons. The van der Waals surface area contributed by atoms with Gasteiger partial charge in [-0.15, -0.1) is 0 Å². The quantitative estimate of drug-likeness (QED) is 0.790. The number of alkyl halides is 3. The Kier molecular flexibility index (Phi) is 5.03. The zero-order valence-electron chi connectivity index (χ0n) is 15.4. The van der Waals surface area contributed by atoms with Crippen LogP contribution in [0.2, 0.25) is 0 Å². The fourth-order valence-electron chi connectivity index (χ4n) is 4.50. The summed E-state index contributed by atoms with van der Waals surface area (Å²) in [6.45, 7) is 0.707. The Morgan fingerprint density at radius 1 is 1.22 bits per heavy atom. The van der Waals surface area contributed by atoms with Gasteiger partial charge in [0.05, 0.1) is 23.8 Å². The fraction of sp³-hybridized carbons (Fsp3) is 0.524. The van der Waals surface area contributed by atoms with Crippen molar-refractivity contribution in [3.05, 3.63) is 53.1 Å². The van der Waals surface area contributed by atoms with Gasteiger partial charge in [-0.25, -0.2) is 0 Å². The van der Waals surface area contributed by atoms with E-state index in [0.29, 0.717) is 12.1 Å². The van der Waals surface area contributed by atoms with Crippen molar-refractivity contribution in [2.24, 2.45) is 5.92 Å². The van der Waals surface area contributed by atoms with Crippen LogP contribution in [0.25, 0.3) is 0 Å². The minimum atomic E-state index is -4.35. The molecule has 0 saturated carbocycles. The lowest BCUT2D eigenvalue weighted by molar-refractivity contribution is -0.138. The number of benzene rings is 1. The minimum absolute atomic E-state index is 0.0215. The van der Waals surface area contributed by atoms with Gasteiger partial charge in [0.25, 0.3) is 0 Å². The monoisotopic (exact) mass is 378 g/mol. The summed E-state index contributed by atoms with van der Waals surface area (Å²) < 4.78 is 46.1. The molecule has 0 aromatic heterocycles. The number of rotatable bonds is 3. The van der Waals surface area contributed by atoms with Crippen LogP contribution in [0.15, 0.2) is 42.0 Å². The van der Waals surface area contributed by atoms with E-state index >= 15 is 0 Å². The number of likely N-dealkylation sites (N-methyl/N-ethyl adjacent to an activating group) is 1. The molecular weight excluding hydrogens is 353 g/mol. The van der Waals surface area contributed by atoms with E-state index in [-0.39, 0.29) is 24.2 Å². The molecule has 1 saturated heterocycles. The van der Waals surface area contributed by atoms with E-state index in [2.05, 4.69) is 28.9 Å². The van der Waals surface area contributed by atoms with E-state index in [1.165, 1.54) is 11.6 Å². The number of allylic oxidation sites excluding steroid dienone is 2. The summed E-state index contributed by atoms with van der Waals surface area (Å²) in [6.07, 6.45) is 5.78. The summed E-state index contributed by atoms with van der Waals surface area (Å²) >= 11 is 0. The van der Waals surface area contributed by atoms with E-state index < -0.39 is 11.7 Å². The van der Waals surface area contributed by atoms with Gasteiger partial charge in [0.2, 0.25) is 0 Å². The third-order valence-electron chi connectivity index (χ3n) is 5.79. The molecule has 1 aliphatic carbocycles. The van der Waals surface area contributed by atoms with Gasteiger partial charge in [0, 0.05) is 23.7 Å². The average molecular weight is 378 g/mol. The van der Waals surface area contributed by atoms with E-state index in [4.69, 9.17) is 4.74 Å². The van der Waals surface area contributed by atoms with Crippen LogP contribution in [0.3, 0.4) is 0 Å². The van der Waals surface area contributed by atoms with E-state index in [1.807, 2.05) is 7.05 Å². The molecule has 0 bridgehead atoms. The molecule has 4 rings (SSSR count). The van der Waals surface area contributed by atoms with Crippen LogP contribution in [0.1, 0.15) is 42.9 Å². The summed E-state index contributed by atoms with van der Waals surface area (Å²) in [6, 6.07) is 4.05. The van der Waals surface area contributed by atoms with Crippen molar-refractivity contribution in [2.75, 3.05) is 18.9 Å². The molecule has 146 valence electrons. The van der Waals surface area contributed by atoms with E-state index in [9.17, 15) is 13.2 Å². The summed E-state index contributed by atoms with van der Waals surface area (Å²) in [7, 11) is 1.87. The van der Waals surface area contributed by atoms with Crippen LogP contribution >= 0.6 is 0 Å².